The van der Waals surface area contributed by atoms with Crippen molar-refractivity contribution >= 4 is 6.09 Å². The highest BCUT2D eigenvalue weighted by Crippen LogP contribution is 2.37. The van der Waals surface area contributed by atoms with Crippen molar-refractivity contribution in [3.63, 3.8) is 0 Å². The zero-order chi connectivity index (χ0) is 22.1. The van der Waals surface area contributed by atoms with Crippen LogP contribution in [-0.2, 0) is 6.54 Å². The summed E-state index contributed by atoms with van der Waals surface area (Å²) in [5.41, 5.74) is 0.361. The van der Waals surface area contributed by atoms with Gasteiger partial charge < -0.3 is 5.11 Å². The largest absolute Gasteiger partial charge is 0.465 e. The maximum Gasteiger partial charge on any atom is 0.408 e. The smallest absolute Gasteiger partial charge is 0.408 e. The van der Waals surface area contributed by atoms with Gasteiger partial charge in [-0.15, -0.1) is 0 Å². The number of piperidine rings is 1. The predicted octanol–water partition coefficient (Wildman–Crippen LogP) is 5.24. The average Bonchev–Trinajstić information content (AvgIpc) is 2.65. The van der Waals surface area contributed by atoms with Crippen LogP contribution in [0.3, 0.4) is 0 Å². The zero-order valence-corrected chi connectivity index (χ0v) is 17.4. The summed E-state index contributed by atoms with van der Waals surface area (Å²) in [5, 5.41) is 9.95. The van der Waals surface area contributed by atoms with Crippen LogP contribution in [0.25, 0.3) is 0 Å². The number of amides is 1. The van der Waals surface area contributed by atoms with Gasteiger partial charge in [0, 0.05) is 30.6 Å². The highest BCUT2D eigenvalue weighted by atomic mass is 19.2. The van der Waals surface area contributed by atoms with Crippen LogP contribution in [0, 0.1) is 17.5 Å². The summed E-state index contributed by atoms with van der Waals surface area (Å²) in [6.45, 7) is 6.90. The van der Waals surface area contributed by atoms with Gasteiger partial charge in [0.25, 0.3) is 0 Å². The van der Waals surface area contributed by atoms with Gasteiger partial charge in [0.1, 0.15) is 5.82 Å². The highest BCUT2D eigenvalue weighted by molar-refractivity contribution is 5.67. The zero-order valence-electron chi connectivity index (χ0n) is 17.4. The molecule has 4 nitrogen and oxygen atoms in total. The lowest BCUT2D eigenvalue weighted by Crippen LogP contribution is -2.59. The molecular weight excluding hydrogens is 393 g/mol. The molecule has 0 spiro atoms. The molecule has 1 fully saturated rings. The van der Waals surface area contributed by atoms with Gasteiger partial charge in [-0.05, 0) is 50.9 Å². The van der Waals surface area contributed by atoms with Crippen molar-refractivity contribution in [1.29, 1.82) is 0 Å². The molecule has 0 aromatic heterocycles. The molecule has 1 aliphatic rings. The van der Waals surface area contributed by atoms with Crippen LogP contribution in [0.15, 0.2) is 42.5 Å². The standard InChI is InChI=1S/C23H27F3N2O2/c1-23(2,3)28(22(29)30)21-14-27(13-15-7-5-4-6-8-15)10-9-16(21)17-11-19(25)20(26)12-18(17)24/h4-8,11-12,16,21H,9-10,13-14H2,1-3H3,(H,29,30)/t16-,21+/m0/s1. The second-order valence-corrected chi connectivity index (χ2v) is 8.79. The molecule has 2 atom stereocenters. The molecule has 0 unspecified atom stereocenters. The third kappa shape index (κ3) is 4.78. The Hall–Kier alpha value is -2.54. The van der Waals surface area contributed by atoms with Gasteiger partial charge in [-0.2, -0.15) is 0 Å². The molecule has 0 saturated carbocycles. The number of carbonyl (C=O) groups is 1. The van der Waals surface area contributed by atoms with E-state index in [1.54, 1.807) is 20.8 Å². The Morgan fingerprint density at radius 3 is 2.33 bits per heavy atom. The number of benzene rings is 2. The van der Waals surface area contributed by atoms with E-state index in [4.69, 9.17) is 0 Å². The SMILES string of the molecule is CC(C)(C)N(C(=O)O)[C@@H]1CN(Cc2ccccc2)CC[C@H]1c1cc(F)c(F)cc1F. The summed E-state index contributed by atoms with van der Waals surface area (Å²) < 4.78 is 42.0. The summed E-state index contributed by atoms with van der Waals surface area (Å²) in [6.07, 6.45) is -0.693. The Kier molecular flexibility index (Phi) is 6.41. The van der Waals surface area contributed by atoms with Crippen LogP contribution < -0.4 is 0 Å². The summed E-state index contributed by atoms with van der Waals surface area (Å²) >= 11 is 0. The van der Waals surface area contributed by atoms with E-state index in [0.29, 0.717) is 32.1 Å². The summed E-state index contributed by atoms with van der Waals surface area (Å²) in [7, 11) is 0. The van der Waals surface area contributed by atoms with E-state index in [1.807, 2.05) is 30.3 Å². The van der Waals surface area contributed by atoms with E-state index in [1.165, 1.54) is 4.90 Å². The molecule has 2 aromatic rings. The molecule has 1 aliphatic heterocycles. The monoisotopic (exact) mass is 420 g/mol. The summed E-state index contributed by atoms with van der Waals surface area (Å²) in [6, 6.07) is 10.6. The van der Waals surface area contributed by atoms with Gasteiger partial charge in [0.15, 0.2) is 11.6 Å². The third-order valence-corrected chi connectivity index (χ3v) is 5.61. The first-order valence-electron chi connectivity index (χ1n) is 10.0. The first kappa shape index (κ1) is 22.2. The predicted molar refractivity (Wildman–Crippen MR) is 109 cm³/mol. The quantitative estimate of drug-likeness (QED) is 0.688. The number of nitrogens with zero attached hydrogens (tertiary/aromatic N) is 2. The van der Waals surface area contributed by atoms with Gasteiger partial charge in [0.2, 0.25) is 0 Å². The molecule has 1 heterocycles. The van der Waals surface area contributed by atoms with E-state index in [-0.39, 0.29) is 5.56 Å². The second-order valence-electron chi connectivity index (χ2n) is 8.79. The maximum atomic E-state index is 14.6. The molecule has 3 rings (SSSR count). The first-order chi connectivity index (χ1) is 14.1. The molecule has 7 heteroatoms. The minimum absolute atomic E-state index is 0.0220. The van der Waals surface area contributed by atoms with Crippen LogP contribution in [0.2, 0.25) is 0 Å². The molecule has 1 amide bonds. The van der Waals surface area contributed by atoms with E-state index in [2.05, 4.69) is 4.90 Å². The van der Waals surface area contributed by atoms with Crippen LogP contribution >= 0.6 is 0 Å². The molecule has 1 saturated heterocycles. The topological polar surface area (TPSA) is 43.8 Å². The minimum Gasteiger partial charge on any atom is -0.465 e. The minimum atomic E-state index is -1.25. The molecule has 0 aliphatic carbocycles. The van der Waals surface area contributed by atoms with Crippen molar-refractivity contribution in [2.24, 2.45) is 0 Å². The van der Waals surface area contributed by atoms with E-state index >= 15 is 0 Å². The fourth-order valence-corrected chi connectivity index (χ4v) is 4.36. The normalized spacial score (nSPS) is 20.2. The Morgan fingerprint density at radius 2 is 1.73 bits per heavy atom. The van der Waals surface area contributed by atoms with Crippen molar-refractivity contribution in [3.05, 3.63) is 71.0 Å². The number of hydrogen-bond donors (Lipinski definition) is 1. The highest BCUT2D eigenvalue weighted by Gasteiger charge is 2.42. The lowest BCUT2D eigenvalue weighted by Gasteiger charge is -2.48. The van der Waals surface area contributed by atoms with Gasteiger partial charge in [-0.3, -0.25) is 9.80 Å². The number of carboxylic acid groups (broad SMARTS) is 1. The van der Waals surface area contributed by atoms with E-state index < -0.39 is 41.0 Å². The maximum absolute atomic E-state index is 14.6. The van der Waals surface area contributed by atoms with Crippen molar-refractivity contribution < 1.29 is 23.1 Å². The van der Waals surface area contributed by atoms with Gasteiger partial charge in [-0.1, -0.05) is 30.3 Å². The molecule has 1 N–H and O–H groups in total. The fourth-order valence-electron chi connectivity index (χ4n) is 4.36. The molecule has 0 bridgehead atoms. The van der Waals surface area contributed by atoms with E-state index in [0.717, 1.165) is 11.6 Å². The van der Waals surface area contributed by atoms with Gasteiger partial charge in [-0.25, -0.2) is 18.0 Å². The molecule has 0 radical (unpaired) electrons. The second kappa shape index (κ2) is 8.68. The van der Waals surface area contributed by atoms with Crippen LogP contribution in [0.1, 0.15) is 44.2 Å². The number of rotatable bonds is 4. The Labute approximate surface area is 174 Å². The number of likely N-dealkylation sites (tertiary alicyclic amines) is 1. The average molecular weight is 420 g/mol. The number of halogens is 3. The Balaban J connectivity index is 1.97. The first-order valence-corrected chi connectivity index (χ1v) is 10.0. The van der Waals surface area contributed by atoms with Crippen molar-refractivity contribution in [2.75, 3.05) is 13.1 Å². The lowest BCUT2D eigenvalue weighted by atomic mass is 9.82. The van der Waals surface area contributed by atoms with Gasteiger partial charge in [0.05, 0.1) is 6.04 Å². The molecule has 2 aromatic carbocycles. The van der Waals surface area contributed by atoms with Crippen LogP contribution in [0.4, 0.5) is 18.0 Å². The van der Waals surface area contributed by atoms with Crippen molar-refractivity contribution in [2.45, 2.75) is 51.2 Å². The van der Waals surface area contributed by atoms with E-state index in [9.17, 15) is 23.1 Å². The summed E-state index contributed by atoms with van der Waals surface area (Å²) in [5.74, 6) is -3.81. The van der Waals surface area contributed by atoms with Crippen molar-refractivity contribution in [1.82, 2.24) is 9.80 Å². The molecular formula is C23H27F3N2O2. The third-order valence-electron chi connectivity index (χ3n) is 5.61. The molecule has 162 valence electrons. The Morgan fingerprint density at radius 1 is 1.10 bits per heavy atom. The molecule has 30 heavy (non-hydrogen) atoms. The summed E-state index contributed by atoms with van der Waals surface area (Å²) in [4.78, 5) is 15.6. The number of hydrogen-bond acceptors (Lipinski definition) is 2. The van der Waals surface area contributed by atoms with Crippen LogP contribution in [0.5, 0.6) is 0 Å². The Bertz CT molecular complexity index is 899. The van der Waals surface area contributed by atoms with Crippen molar-refractivity contribution in [3.8, 4) is 0 Å². The lowest BCUT2D eigenvalue weighted by molar-refractivity contribution is 0.0233. The van der Waals surface area contributed by atoms with Gasteiger partial charge >= 0.3 is 6.09 Å². The van der Waals surface area contributed by atoms with Crippen LogP contribution in [-0.4, -0.2) is 45.7 Å². The fraction of sp³-hybridized carbons (Fsp3) is 0.435.